The molecular formula is C16H23ClN2O. The number of fused-ring (bicyclic) bond motifs is 1. The van der Waals surface area contributed by atoms with E-state index >= 15 is 0 Å². The van der Waals surface area contributed by atoms with Crippen LogP contribution in [-0.2, 0) is 13.0 Å². The summed E-state index contributed by atoms with van der Waals surface area (Å²) in [5, 5.41) is 0. The van der Waals surface area contributed by atoms with E-state index in [1.54, 1.807) is 7.11 Å². The van der Waals surface area contributed by atoms with Crippen molar-refractivity contribution in [1.29, 1.82) is 0 Å². The topological polar surface area (TPSA) is 27.1 Å². The molecule has 110 valence electrons. The lowest BCUT2D eigenvalue weighted by Crippen LogP contribution is -2.15. The van der Waals surface area contributed by atoms with Crippen molar-refractivity contribution in [2.24, 2.45) is 11.8 Å². The Kier molecular flexibility index (Phi) is 4.92. The Balaban J connectivity index is 2.51. The van der Waals surface area contributed by atoms with Crippen molar-refractivity contribution in [3.05, 3.63) is 24.0 Å². The molecule has 0 spiro atoms. The first kappa shape index (κ1) is 15.2. The number of alkyl halides is 1. The molecule has 4 heteroatoms. The van der Waals surface area contributed by atoms with E-state index in [0.717, 1.165) is 35.6 Å². The molecule has 0 amide bonds. The third-order valence-corrected chi connectivity index (χ3v) is 4.16. The molecule has 0 aliphatic carbocycles. The third kappa shape index (κ3) is 2.93. The molecule has 3 nitrogen and oxygen atoms in total. The summed E-state index contributed by atoms with van der Waals surface area (Å²) >= 11 is 5.92. The zero-order chi connectivity index (χ0) is 14.7. The monoisotopic (exact) mass is 294 g/mol. The van der Waals surface area contributed by atoms with E-state index in [2.05, 4.69) is 31.4 Å². The van der Waals surface area contributed by atoms with Gasteiger partial charge in [0.05, 0.1) is 12.6 Å². The van der Waals surface area contributed by atoms with Gasteiger partial charge in [-0.05, 0) is 24.0 Å². The van der Waals surface area contributed by atoms with Gasteiger partial charge in [-0.2, -0.15) is 0 Å². The Labute approximate surface area is 125 Å². The summed E-state index contributed by atoms with van der Waals surface area (Å²) in [6.07, 6.45) is 0.782. The minimum Gasteiger partial charge on any atom is -0.494 e. The largest absolute Gasteiger partial charge is 0.494 e. The number of hydrogen-bond donors (Lipinski definition) is 0. The number of methoxy groups -OCH3 is 1. The summed E-state index contributed by atoms with van der Waals surface area (Å²) < 4.78 is 7.71. The van der Waals surface area contributed by atoms with E-state index in [1.807, 2.05) is 12.1 Å². The molecule has 0 aliphatic rings. The van der Waals surface area contributed by atoms with Crippen molar-refractivity contribution >= 4 is 22.6 Å². The highest BCUT2D eigenvalue weighted by atomic mass is 35.5. The van der Waals surface area contributed by atoms with E-state index in [1.165, 1.54) is 0 Å². The number of ether oxygens (including phenoxy) is 1. The number of benzene rings is 1. The van der Waals surface area contributed by atoms with E-state index in [0.29, 0.717) is 17.7 Å². The number of nitrogens with zero attached hydrogens (tertiary/aromatic N) is 2. The number of halogens is 1. The van der Waals surface area contributed by atoms with Crippen molar-refractivity contribution in [1.82, 2.24) is 9.55 Å². The minimum absolute atomic E-state index is 0.585. The van der Waals surface area contributed by atoms with E-state index in [4.69, 9.17) is 21.3 Å². The highest BCUT2D eigenvalue weighted by Gasteiger charge is 2.16. The van der Waals surface area contributed by atoms with Gasteiger partial charge in [-0.1, -0.05) is 26.8 Å². The number of hydrogen-bond acceptors (Lipinski definition) is 2. The third-order valence-electron chi connectivity index (χ3n) is 3.97. The molecule has 0 radical (unpaired) electrons. The molecule has 0 fully saturated rings. The van der Waals surface area contributed by atoms with Crippen LogP contribution in [0.25, 0.3) is 11.0 Å². The smallest absolute Gasteiger partial charge is 0.146 e. The van der Waals surface area contributed by atoms with Gasteiger partial charge in [-0.3, -0.25) is 0 Å². The van der Waals surface area contributed by atoms with Crippen molar-refractivity contribution in [3.63, 3.8) is 0 Å². The number of para-hydroxylation sites is 1. The Hall–Kier alpha value is -1.22. The highest BCUT2D eigenvalue weighted by molar-refractivity contribution is 6.17. The Morgan fingerprint density at radius 2 is 2.05 bits per heavy atom. The van der Waals surface area contributed by atoms with Gasteiger partial charge in [0, 0.05) is 18.8 Å². The first-order valence-electron chi connectivity index (χ1n) is 7.16. The summed E-state index contributed by atoms with van der Waals surface area (Å²) in [6, 6.07) is 6.08. The van der Waals surface area contributed by atoms with E-state index in [9.17, 15) is 0 Å². The highest BCUT2D eigenvalue weighted by Crippen LogP contribution is 2.27. The molecule has 0 saturated carbocycles. The molecule has 2 aromatic rings. The predicted octanol–water partition coefficient (Wildman–Crippen LogP) is 4.12. The maximum absolute atomic E-state index is 5.92. The summed E-state index contributed by atoms with van der Waals surface area (Å²) in [5.41, 5.74) is 2.07. The molecule has 20 heavy (non-hydrogen) atoms. The molecule has 0 aliphatic heterocycles. The average molecular weight is 295 g/mol. The molecule has 1 atom stereocenters. The van der Waals surface area contributed by atoms with Crippen LogP contribution < -0.4 is 4.74 Å². The number of aryl methyl sites for hydroxylation is 1. The summed E-state index contributed by atoms with van der Waals surface area (Å²) in [4.78, 5) is 4.74. The van der Waals surface area contributed by atoms with Gasteiger partial charge in [0.1, 0.15) is 17.1 Å². The van der Waals surface area contributed by atoms with Crippen LogP contribution in [0, 0.1) is 11.8 Å². The fourth-order valence-electron chi connectivity index (χ4n) is 2.31. The van der Waals surface area contributed by atoms with Crippen LogP contribution in [0.1, 0.15) is 26.6 Å². The van der Waals surface area contributed by atoms with Gasteiger partial charge in [-0.15, -0.1) is 11.6 Å². The zero-order valence-corrected chi connectivity index (χ0v) is 13.4. The second-order valence-corrected chi connectivity index (χ2v) is 6.00. The standard InChI is InChI=1S/C16H23ClN2O/c1-11(2)12(3)10-19-13-6-5-7-14(20-4)16(13)18-15(19)8-9-17/h5-7,11-12H,8-10H2,1-4H3. The van der Waals surface area contributed by atoms with Gasteiger partial charge in [0.2, 0.25) is 0 Å². The van der Waals surface area contributed by atoms with E-state index in [-0.39, 0.29) is 0 Å². The van der Waals surface area contributed by atoms with Crippen molar-refractivity contribution < 1.29 is 4.74 Å². The molecule has 1 heterocycles. The zero-order valence-electron chi connectivity index (χ0n) is 12.7. The van der Waals surface area contributed by atoms with Crippen LogP contribution in [0.4, 0.5) is 0 Å². The minimum atomic E-state index is 0.585. The summed E-state index contributed by atoms with van der Waals surface area (Å²) in [5.74, 6) is 3.69. The van der Waals surface area contributed by atoms with Crippen molar-refractivity contribution in [2.45, 2.75) is 33.7 Å². The SMILES string of the molecule is COc1cccc2c1nc(CCCl)n2CC(C)C(C)C. The van der Waals surface area contributed by atoms with Gasteiger partial charge >= 0.3 is 0 Å². The van der Waals surface area contributed by atoms with Crippen LogP contribution >= 0.6 is 11.6 Å². The van der Waals surface area contributed by atoms with Gasteiger partial charge < -0.3 is 9.30 Å². The molecule has 1 aromatic carbocycles. The Morgan fingerprint density at radius 3 is 2.65 bits per heavy atom. The fraction of sp³-hybridized carbons (Fsp3) is 0.562. The molecule has 0 N–H and O–H groups in total. The van der Waals surface area contributed by atoms with Gasteiger partial charge in [-0.25, -0.2) is 4.98 Å². The number of aromatic nitrogens is 2. The second kappa shape index (κ2) is 6.49. The molecule has 2 rings (SSSR count). The molecular weight excluding hydrogens is 272 g/mol. The molecule has 0 saturated heterocycles. The number of imidazole rings is 1. The van der Waals surface area contributed by atoms with Crippen LogP contribution in [0.15, 0.2) is 18.2 Å². The quantitative estimate of drug-likeness (QED) is 0.749. The normalized spacial score (nSPS) is 13.1. The Bertz CT molecular complexity index is 577. The first-order chi connectivity index (χ1) is 9.58. The van der Waals surface area contributed by atoms with Crippen LogP contribution in [0.2, 0.25) is 0 Å². The molecule has 1 unspecified atom stereocenters. The van der Waals surface area contributed by atoms with Crippen LogP contribution in [0.5, 0.6) is 5.75 Å². The predicted molar refractivity (Wildman–Crippen MR) is 84.7 cm³/mol. The average Bonchev–Trinajstić information content (AvgIpc) is 2.77. The maximum atomic E-state index is 5.92. The maximum Gasteiger partial charge on any atom is 0.146 e. The molecule has 0 bridgehead atoms. The van der Waals surface area contributed by atoms with Gasteiger partial charge in [0.15, 0.2) is 0 Å². The van der Waals surface area contributed by atoms with Crippen molar-refractivity contribution in [2.75, 3.05) is 13.0 Å². The second-order valence-electron chi connectivity index (χ2n) is 5.63. The fourth-order valence-corrected chi connectivity index (χ4v) is 2.48. The van der Waals surface area contributed by atoms with E-state index < -0.39 is 0 Å². The lowest BCUT2D eigenvalue weighted by Gasteiger charge is -2.18. The summed E-state index contributed by atoms with van der Waals surface area (Å²) in [6.45, 7) is 7.76. The van der Waals surface area contributed by atoms with Gasteiger partial charge in [0.25, 0.3) is 0 Å². The Morgan fingerprint density at radius 1 is 1.30 bits per heavy atom. The van der Waals surface area contributed by atoms with Crippen LogP contribution in [0.3, 0.4) is 0 Å². The summed E-state index contributed by atoms with van der Waals surface area (Å²) in [7, 11) is 1.69. The number of rotatable bonds is 6. The lowest BCUT2D eigenvalue weighted by atomic mass is 9.98. The molecule has 1 aromatic heterocycles. The van der Waals surface area contributed by atoms with Crippen LogP contribution in [-0.4, -0.2) is 22.5 Å². The van der Waals surface area contributed by atoms with Crippen molar-refractivity contribution in [3.8, 4) is 5.75 Å². The lowest BCUT2D eigenvalue weighted by molar-refractivity contribution is 0.364. The first-order valence-corrected chi connectivity index (χ1v) is 7.70.